The number of nitrogens with one attached hydrogen (secondary N) is 1. The van der Waals surface area contributed by atoms with Gasteiger partial charge in [-0.15, -0.1) is 0 Å². The van der Waals surface area contributed by atoms with Gasteiger partial charge in [-0.25, -0.2) is 0 Å². The summed E-state index contributed by atoms with van der Waals surface area (Å²) in [6.07, 6.45) is 8.42. The molecule has 2 unspecified atom stereocenters. The Morgan fingerprint density at radius 3 is 2.94 bits per heavy atom. The van der Waals surface area contributed by atoms with E-state index in [9.17, 15) is 0 Å². The number of nitrogens with zero attached hydrogens (tertiary/aromatic N) is 1. The Kier molecular flexibility index (Phi) is 5.75. The largest absolute Gasteiger partial charge is 0.377 e. The van der Waals surface area contributed by atoms with Crippen molar-refractivity contribution in [3.8, 4) is 0 Å². The van der Waals surface area contributed by atoms with Gasteiger partial charge in [0.2, 0.25) is 0 Å². The standard InChI is InChI=1S/C14H28N2O/c1-2-8-15-11-13-6-3-4-9-16(13)12-14-7-5-10-17-14/h13-15H,2-12H2,1H3. The molecule has 0 saturated carbocycles. The van der Waals surface area contributed by atoms with E-state index in [2.05, 4.69) is 17.1 Å². The monoisotopic (exact) mass is 240 g/mol. The van der Waals surface area contributed by atoms with Crippen LogP contribution < -0.4 is 5.32 Å². The van der Waals surface area contributed by atoms with Crippen LogP contribution in [-0.2, 0) is 4.74 Å². The summed E-state index contributed by atoms with van der Waals surface area (Å²) in [5.41, 5.74) is 0. The molecule has 0 spiro atoms. The zero-order valence-corrected chi connectivity index (χ0v) is 11.3. The summed E-state index contributed by atoms with van der Waals surface area (Å²) in [7, 11) is 0. The van der Waals surface area contributed by atoms with Gasteiger partial charge in [0.15, 0.2) is 0 Å². The molecule has 2 fully saturated rings. The minimum atomic E-state index is 0.516. The summed E-state index contributed by atoms with van der Waals surface area (Å²) in [6.45, 7) is 7.98. The van der Waals surface area contributed by atoms with Crippen LogP contribution in [0, 0.1) is 0 Å². The van der Waals surface area contributed by atoms with Crippen LogP contribution >= 0.6 is 0 Å². The van der Waals surface area contributed by atoms with E-state index in [1.807, 2.05) is 0 Å². The average molecular weight is 240 g/mol. The molecule has 1 N–H and O–H groups in total. The summed E-state index contributed by atoms with van der Waals surface area (Å²) in [4.78, 5) is 2.67. The van der Waals surface area contributed by atoms with Gasteiger partial charge in [0, 0.05) is 25.7 Å². The molecule has 100 valence electrons. The highest BCUT2D eigenvalue weighted by Crippen LogP contribution is 2.20. The molecule has 2 saturated heterocycles. The smallest absolute Gasteiger partial charge is 0.0702 e. The normalized spacial score (nSPS) is 30.9. The summed E-state index contributed by atoms with van der Waals surface area (Å²) >= 11 is 0. The molecule has 0 aliphatic carbocycles. The van der Waals surface area contributed by atoms with Crippen LogP contribution in [0.5, 0.6) is 0 Å². The highest BCUT2D eigenvalue weighted by atomic mass is 16.5. The van der Waals surface area contributed by atoms with Crippen LogP contribution in [0.15, 0.2) is 0 Å². The Labute approximate surface area is 106 Å². The van der Waals surface area contributed by atoms with Gasteiger partial charge in [0.25, 0.3) is 0 Å². The molecule has 0 aromatic rings. The highest BCUT2D eigenvalue weighted by Gasteiger charge is 2.26. The van der Waals surface area contributed by atoms with Gasteiger partial charge < -0.3 is 10.1 Å². The van der Waals surface area contributed by atoms with Gasteiger partial charge >= 0.3 is 0 Å². The fourth-order valence-electron chi connectivity index (χ4n) is 3.03. The van der Waals surface area contributed by atoms with Crippen molar-refractivity contribution >= 4 is 0 Å². The van der Waals surface area contributed by atoms with Gasteiger partial charge in [-0.1, -0.05) is 13.3 Å². The van der Waals surface area contributed by atoms with E-state index in [1.54, 1.807) is 0 Å². The second-order valence-corrected chi connectivity index (χ2v) is 5.48. The number of ether oxygens (including phenoxy) is 1. The van der Waals surface area contributed by atoms with E-state index in [1.165, 1.54) is 58.2 Å². The third-order valence-corrected chi connectivity index (χ3v) is 4.02. The quantitative estimate of drug-likeness (QED) is 0.719. The first kappa shape index (κ1) is 13.3. The lowest BCUT2D eigenvalue weighted by molar-refractivity contribution is 0.0443. The Bertz CT molecular complexity index is 204. The zero-order valence-electron chi connectivity index (χ0n) is 11.3. The number of likely N-dealkylation sites (tertiary alicyclic amines) is 1. The second kappa shape index (κ2) is 7.34. The molecule has 0 bridgehead atoms. The lowest BCUT2D eigenvalue weighted by Gasteiger charge is -2.37. The molecule has 0 amide bonds. The summed E-state index contributed by atoms with van der Waals surface area (Å²) in [5, 5.41) is 3.58. The van der Waals surface area contributed by atoms with Crippen molar-refractivity contribution in [3.63, 3.8) is 0 Å². The third-order valence-electron chi connectivity index (χ3n) is 4.02. The van der Waals surface area contributed by atoms with Crippen molar-refractivity contribution in [2.45, 2.75) is 57.6 Å². The molecule has 3 nitrogen and oxygen atoms in total. The van der Waals surface area contributed by atoms with Crippen LogP contribution in [0.2, 0.25) is 0 Å². The molecular weight excluding hydrogens is 212 g/mol. The molecule has 2 aliphatic heterocycles. The molecule has 0 aromatic carbocycles. The Morgan fingerprint density at radius 2 is 2.18 bits per heavy atom. The first-order chi connectivity index (χ1) is 8.40. The van der Waals surface area contributed by atoms with Gasteiger partial charge in [-0.3, -0.25) is 4.90 Å². The van der Waals surface area contributed by atoms with Crippen molar-refractivity contribution in [1.29, 1.82) is 0 Å². The molecule has 3 heteroatoms. The van der Waals surface area contributed by atoms with E-state index in [0.717, 1.165) is 19.2 Å². The van der Waals surface area contributed by atoms with Crippen LogP contribution in [-0.4, -0.2) is 49.8 Å². The predicted molar refractivity (Wildman–Crippen MR) is 71.3 cm³/mol. The molecule has 17 heavy (non-hydrogen) atoms. The Balaban J connectivity index is 1.74. The van der Waals surface area contributed by atoms with Crippen molar-refractivity contribution < 1.29 is 4.74 Å². The predicted octanol–water partition coefficient (Wildman–Crippen LogP) is 2.02. The molecule has 0 radical (unpaired) electrons. The van der Waals surface area contributed by atoms with Gasteiger partial charge in [0.05, 0.1) is 6.10 Å². The fraction of sp³-hybridized carbons (Fsp3) is 1.00. The maximum Gasteiger partial charge on any atom is 0.0702 e. The first-order valence-electron chi connectivity index (χ1n) is 7.46. The van der Waals surface area contributed by atoms with Gasteiger partial charge in [-0.2, -0.15) is 0 Å². The number of hydrogen-bond acceptors (Lipinski definition) is 3. The minimum Gasteiger partial charge on any atom is -0.377 e. The van der Waals surface area contributed by atoms with E-state index < -0.39 is 0 Å². The van der Waals surface area contributed by atoms with Crippen LogP contribution in [0.3, 0.4) is 0 Å². The summed E-state index contributed by atoms with van der Waals surface area (Å²) in [5.74, 6) is 0. The lowest BCUT2D eigenvalue weighted by atomic mass is 10.0. The van der Waals surface area contributed by atoms with E-state index in [0.29, 0.717) is 6.10 Å². The van der Waals surface area contributed by atoms with Gasteiger partial charge in [0.1, 0.15) is 0 Å². The molecular formula is C14H28N2O. The maximum atomic E-state index is 5.77. The van der Waals surface area contributed by atoms with Crippen molar-refractivity contribution in [1.82, 2.24) is 10.2 Å². The number of hydrogen-bond donors (Lipinski definition) is 1. The summed E-state index contributed by atoms with van der Waals surface area (Å²) in [6, 6.07) is 0.750. The molecule has 2 heterocycles. The first-order valence-corrected chi connectivity index (χ1v) is 7.46. The zero-order chi connectivity index (χ0) is 11.9. The van der Waals surface area contributed by atoms with E-state index >= 15 is 0 Å². The molecule has 2 atom stereocenters. The van der Waals surface area contributed by atoms with Crippen molar-refractivity contribution in [2.24, 2.45) is 0 Å². The molecule has 0 aromatic heterocycles. The van der Waals surface area contributed by atoms with E-state index in [-0.39, 0.29) is 0 Å². The van der Waals surface area contributed by atoms with Crippen LogP contribution in [0.25, 0.3) is 0 Å². The van der Waals surface area contributed by atoms with Crippen LogP contribution in [0.4, 0.5) is 0 Å². The second-order valence-electron chi connectivity index (χ2n) is 5.48. The third kappa shape index (κ3) is 4.23. The van der Waals surface area contributed by atoms with E-state index in [4.69, 9.17) is 4.74 Å². The fourth-order valence-corrected chi connectivity index (χ4v) is 3.03. The van der Waals surface area contributed by atoms with Crippen molar-refractivity contribution in [3.05, 3.63) is 0 Å². The number of piperidine rings is 1. The highest BCUT2D eigenvalue weighted by molar-refractivity contribution is 4.81. The van der Waals surface area contributed by atoms with Gasteiger partial charge in [-0.05, 0) is 45.2 Å². The van der Waals surface area contributed by atoms with Crippen LogP contribution in [0.1, 0.15) is 45.4 Å². The molecule has 2 aliphatic rings. The number of rotatable bonds is 6. The topological polar surface area (TPSA) is 24.5 Å². The molecule has 2 rings (SSSR count). The SMILES string of the molecule is CCCNCC1CCCCN1CC1CCCO1. The maximum absolute atomic E-state index is 5.77. The summed E-state index contributed by atoms with van der Waals surface area (Å²) < 4.78 is 5.77. The lowest BCUT2D eigenvalue weighted by Crippen LogP contribution is -2.48. The Morgan fingerprint density at radius 1 is 1.24 bits per heavy atom. The average Bonchev–Trinajstić information content (AvgIpc) is 2.84. The van der Waals surface area contributed by atoms with Crippen molar-refractivity contribution in [2.75, 3.05) is 32.8 Å². The minimum absolute atomic E-state index is 0.516. The Hall–Kier alpha value is -0.120.